The minimum absolute atomic E-state index is 0.0451. The molecule has 3 rings (SSSR count). The summed E-state index contributed by atoms with van der Waals surface area (Å²) in [5.74, 6) is 2.78. The molecule has 0 unspecified atom stereocenters. The van der Waals surface area contributed by atoms with E-state index in [-0.39, 0.29) is 24.0 Å². The fourth-order valence-electron chi connectivity index (χ4n) is 3.55. The number of fused-ring (bicyclic) bond motifs is 1. The zero-order chi connectivity index (χ0) is 18.9. The van der Waals surface area contributed by atoms with E-state index in [9.17, 15) is 5.11 Å². The van der Waals surface area contributed by atoms with E-state index in [1.165, 1.54) is 11.1 Å². The number of nitrogens with zero attached hydrogens (tertiary/aromatic N) is 3. The van der Waals surface area contributed by atoms with Gasteiger partial charge in [0, 0.05) is 36.5 Å². The normalized spacial score (nSPS) is 17.1. The van der Waals surface area contributed by atoms with Gasteiger partial charge >= 0.3 is 0 Å². The topological polar surface area (TPSA) is 61.3 Å². The first-order valence-corrected chi connectivity index (χ1v) is 9.40. The number of rotatable bonds is 5. The molecule has 0 fully saturated rings. The van der Waals surface area contributed by atoms with Crippen molar-refractivity contribution in [2.75, 3.05) is 23.4 Å². The first-order chi connectivity index (χ1) is 12.3. The Morgan fingerprint density at radius 1 is 1.19 bits per heavy atom. The third kappa shape index (κ3) is 3.83. The molecule has 140 valence electrons. The number of aromatic nitrogens is 2. The maximum atomic E-state index is 9.35. The number of hydrogen-bond donors (Lipinski definition) is 2. The third-order valence-corrected chi connectivity index (χ3v) is 4.93. The van der Waals surface area contributed by atoms with Gasteiger partial charge in [0.2, 0.25) is 0 Å². The highest BCUT2D eigenvalue weighted by atomic mass is 16.3. The molecule has 0 amide bonds. The molecular formula is C21H30N4O. The molecule has 5 nitrogen and oxygen atoms in total. The maximum Gasteiger partial charge on any atom is 0.135 e. The van der Waals surface area contributed by atoms with Gasteiger partial charge in [-0.25, -0.2) is 9.97 Å². The Morgan fingerprint density at radius 2 is 1.92 bits per heavy atom. The molecule has 2 N–H and O–H groups in total. The van der Waals surface area contributed by atoms with E-state index in [0.717, 1.165) is 30.5 Å². The minimum atomic E-state index is -0.0451. The van der Waals surface area contributed by atoms with Crippen LogP contribution in [0.2, 0.25) is 0 Å². The summed E-state index contributed by atoms with van der Waals surface area (Å²) in [5.41, 5.74) is 2.83. The quantitative estimate of drug-likeness (QED) is 0.857. The van der Waals surface area contributed by atoms with E-state index in [0.29, 0.717) is 0 Å². The first-order valence-electron chi connectivity index (χ1n) is 9.40. The molecule has 0 bridgehead atoms. The van der Waals surface area contributed by atoms with Crippen molar-refractivity contribution in [3.05, 3.63) is 47.3 Å². The Balaban J connectivity index is 1.98. The van der Waals surface area contributed by atoms with Crippen molar-refractivity contribution < 1.29 is 5.11 Å². The Bertz CT molecular complexity index is 772. The van der Waals surface area contributed by atoms with Crippen LogP contribution in [0.1, 0.15) is 57.5 Å². The lowest BCUT2D eigenvalue weighted by molar-refractivity contribution is 0.281. The van der Waals surface area contributed by atoms with E-state index in [1.54, 1.807) is 0 Å². The SMILES string of the molecule is CC(C)c1nc(N[C@H](C)CO)cc(N2Cc3ccccc3C(C)(C)C2)n1. The third-order valence-electron chi connectivity index (χ3n) is 4.93. The second-order valence-electron chi connectivity index (χ2n) is 8.25. The molecule has 2 aromatic rings. The molecule has 0 radical (unpaired) electrons. The average molecular weight is 354 g/mol. The summed E-state index contributed by atoms with van der Waals surface area (Å²) in [4.78, 5) is 11.8. The van der Waals surface area contributed by atoms with Gasteiger partial charge in [-0.2, -0.15) is 0 Å². The van der Waals surface area contributed by atoms with Gasteiger partial charge in [0.05, 0.1) is 6.61 Å². The predicted octanol–water partition coefficient (Wildman–Crippen LogP) is 3.69. The number of nitrogens with one attached hydrogen (secondary N) is 1. The largest absolute Gasteiger partial charge is 0.394 e. The summed E-state index contributed by atoms with van der Waals surface area (Å²) in [7, 11) is 0. The number of anilines is 2. The first kappa shape index (κ1) is 18.6. The van der Waals surface area contributed by atoms with Crippen molar-refractivity contribution in [1.29, 1.82) is 0 Å². The Morgan fingerprint density at radius 3 is 2.62 bits per heavy atom. The Labute approximate surface area is 156 Å². The van der Waals surface area contributed by atoms with Crippen LogP contribution in [0.15, 0.2) is 30.3 Å². The van der Waals surface area contributed by atoms with Crippen LogP contribution in [0.5, 0.6) is 0 Å². The smallest absolute Gasteiger partial charge is 0.135 e. The molecule has 2 heterocycles. The second-order valence-corrected chi connectivity index (χ2v) is 8.25. The van der Waals surface area contributed by atoms with E-state index >= 15 is 0 Å². The van der Waals surface area contributed by atoms with Crippen molar-refractivity contribution in [3.8, 4) is 0 Å². The molecule has 1 aromatic carbocycles. The summed E-state index contributed by atoms with van der Waals surface area (Å²) >= 11 is 0. The molecule has 1 aliphatic heterocycles. The lowest BCUT2D eigenvalue weighted by Crippen LogP contribution is -2.42. The van der Waals surface area contributed by atoms with Crippen molar-refractivity contribution in [1.82, 2.24) is 9.97 Å². The maximum absolute atomic E-state index is 9.35. The van der Waals surface area contributed by atoms with E-state index < -0.39 is 0 Å². The molecular weight excluding hydrogens is 324 g/mol. The van der Waals surface area contributed by atoms with Crippen molar-refractivity contribution in [2.45, 2.75) is 58.5 Å². The van der Waals surface area contributed by atoms with Gasteiger partial charge in [0.25, 0.3) is 0 Å². The monoisotopic (exact) mass is 354 g/mol. The van der Waals surface area contributed by atoms with E-state index in [2.05, 4.69) is 67.2 Å². The van der Waals surface area contributed by atoms with Crippen LogP contribution in [0, 0.1) is 0 Å². The fraction of sp³-hybridized carbons (Fsp3) is 0.524. The minimum Gasteiger partial charge on any atom is -0.394 e. The highest BCUT2D eigenvalue weighted by molar-refractivity contribution is 5.53. The van der Waals surface area contributed by atoms with Crippen LogP contribution in [0.4, 0.5) is 11.6 Å². The van der Waals surface area contributed by atoms with Gasteiger partial charge in [0.1, 0.15) is 17.5 Å². The molecule has 5 heteroatoms. The summed E-state index contributed by atoms with van der Waals surface area (Å²) in [5, 5.41) is 12.6. The standard InChI is InChI=1S/C21H30N4O/c1-14(2)20-23-18(22-15(3)12-26)10-19(24-20)25-11-16-8-6-7-9-17(16)21(4,5)13-25/h6-10,14-15,26H,11-13H2,1-5H3,(H,22,23,24)/t15-/m1/s1. The van der Waals surface area contributed by atoms with Crippen LogP contribution in [0.25, 0.3) is 0 Å². The molecule has 1 aromatic heterocycles. The van der Waals surface area contributed by atoms with Crippen LogP contribution in [0.3, 0.4) is 0 Å². The molecule has 1 atom stereocenters. The number of hydrogen-bond acceptors (Lipinski definition) is 5. The molecule has 26 heavy (non-hydrogen) atoms. The van der Waals surface area contributed by atoms with Gasteiger partial charge in [0.15, 0.2) is 0 Å². The molecule has 0 saturated carbocycles. The second kappa shape index (κ2) is 7.23. The van der Waals surface area contributed by atoms with Gasteiger partial charge < -0.3 is 15.3 Å². The number of aliphatic hydroxyl groups excluding tert-OH is 1. The predicted molar refractivity (Wildman–Crippen MR) is 107 cm³/mol. The van der Waals surface area contributed by atoms with Gasteiger partial charge in [-0.15, -0.1) is 0 Å². The lowest BCUT2D eigenvalue weighted by atomic mass is 9.78. The molecule has 0 spiro atoms. The Hall–Kier alpha value is -2.14. The average Bonchev–Trinajstić information content (AvgIpc) is 2.60. The van der Waals surface area contributed by atoms with Gasteiger partial charge in [-0.1, -0.05) is 52.0 Å². The Kier molecular flexibility index (Phi) is 5.19. The van der Waals surface area contributed by atoms with Crippen LogP contribution >= 0.6 is 0 Å². The number of aliphatic hydroxyl groups is 1. The zero-order valence-corrected chi connectivity index (χ0v) is 16.5. The molecule has 1 aliphatic rings. The zero-order valence-electron chi connectivity index (χ0n) is 16.5. The summed E-state index contributed by atoms with van der Waals surface area (Å²) in [6, 6.07) is 10.6. The number of benzene rings is 1. The van der Waals surface area contributed by atoms with Crippen LogP contribution < -0.4 is 10.2 Å². The highest BCUT2D eigenvalue weighted by Gasteiger charge is 2.32. The summed E-state index contributed by atoms with van der Waals surface area (Å²) in [6.07, 6.45) is 0. The summed E-state index contributed by atoms with van der Waals surface area (Å²) in [6.45, 7) is 12.6. The van der Waals surface area contributed by atoms with Crippen molar-refractivity contribution >= 4 is 11.6 Å². The van der Waals surface area contributed by atoms with Crippen LogP contribution in [-0.4, -0.2) is 34.3 Å². The van der Waals surface area contributed by atoms with Crippen LogP contribution in [-0.2, 0) is 12.0 Å². The van der Waals surface area contributed by atoms with Crippen molar-refractivity contribution in [2.24, 2.45) is 0 Å². The molecule has 0 saturated heterocycles. The lowest BCUT2D eigenvalue weighted by Gasteiger charge is -2.40. The van der Waals surface area contributed by atoms with E-state index in [4.69, 9.17) is 4.98 Å². The molecule has 0 aliphatic carbocycles. The van der Waals surface area contributed by atoms with Gasteiger partial charge in [-0.05, 0) is 18.1 Å². The highest BCUT2D eigenvalue weighted by Crippen LogP contribution is 2.35. The van der Waals surface area contributed by atoms with Gasteiger partial charge in [-0.3, -0.25) is 0 Å². The van der Waals surface area contributed by atoms with E-state index in [1.807, 2.05) is 13.0 Å². The van der Waals surface area contributed by atoms with Crippen molar-refractivity contribution in [3.63, 3.8) is 0 Å². The summed E-state index contributed by atoms with van der Waals surface area (Å²) < 4.78 is 0. The fourth-order valence-corrected chi connectivity index (χ4v) is 3.55.